The molecule has 1 aromatic carbocycles. The SMILES string of the molecule is CCNC(=NCc1ccc(OC2CCCC2)c(OC)c1)NCCCn1nc(C)cc1C.I. The predicted octanol–water partition coefficient (Wildman–Crippen LogP) is 4.59. The van der Waals surface area contributed by atoms with Crippen LogP contribution < -0.4 is 20.1 Å². The number of rotatable bonds is 10. The fourth-order valence-corrected chi connectivity index (χ4v) is 3.94. The Morgan fingerprint density at radius 3 is 2.59 bits per heavy atom. The molecule has 1 saturated carbocycles. The molecule has 0 spiro atoms. The molecule has 0 bridgehead atoms. The molecule has 8 heteroatoms. The molecule has 0 unspecified atom stereocenters. The van der Waals surface area contributed by atoms with Crippen molar-refractivity contribution < 1.29 is 9.47 Å². The summed E-state index contributed by atoms with van der Waals surface area (Å²) in [6.07, 6.45) is 6.06. The Hall–Kier alpha value is -1.97. The second kappa shape index (κ2) is 13.5. The maximum atomic E-state index is 6.14. The molecule has 1 aliphatic rings. The van der Waals surface area contributed by atoms with Crippen molar-refractivity contribution in [1.82, 2.24) is 20.4 Å². The van der Waals surface area contributed by atoms with E-state index in [0.717, 1.165) is 67.6 Å². The maximum Gasteiger partial charge on any atom is 0.191 e. The van der Waals surface area contributed by atoms with Crippen LogP contribution in [0.4, 0.5) is 0 Å². The zero-order chi connectivity index (χ0) is 22.1. The molecule has 32 heavy (non-hydrogen) atoms. The van der Waals surface area contributed by atoms with Gasteiger partial charge in [-0.1, -0.05) is 6.07 Å². The Balaban J connectivity index is 0.00000363. The van der Waals surface area contributed by atoms with Crippen LogP contribution in [0.1, 0.15) is 56.0 Å². The second-order valence-electron chi connectivity index (χ2n) is 8.14. The summed E-state index contributed by atoms with van der Waals surface area (Å²) in [5, 5.41) is 11.2. The lowest BCUT2D eigenvalue weighted by molar-refractivity contribution is 0.200. The van der Waals surface area contributed by atoms with Crippen LogP contribution in [-0.2, 0) is 13.1 Å². The average Bonchev–Trinajstić information content (AvgIpc) is 3.38. The Kier molecular flexibility index (Phi) is 11.1. The molecule has 0 atom stereocenters. The third kappa shape index (κ3) is 7.86. The van der Waals surface area contributed by atoms with E-state index in [4.69, 9.17) is 14.5 Å². The number of guanidine groups is 1. The minimum Gasteiger partial charge on any atom is -0.493 e. The first-order valence-corrected chi connectivity index (χ1v) is 11.5. The molecular weight excluding hydrogens is 517 g/mol. The summed E-state index contributed by atoms with van der Waals surface area (Å²) in [5.74, 6) is 2.43. The summed E-state index contributed by atoms with van der Waals surface area (Å²) in [6, 6.07) is 8.22. The van der Waals surface area contributed by atoms with Crippen molar-refractivity contribution in [3.05, 3.63) is 41.2 Å². The van der Waals surface area contributed by atoms with E-state index in [2.05, 4.69) is 46.4 Å². The van der Waals surface area contributed by atoms with E-state index in [1.54, 1.807) is 7.11 Å². The molecule has 1 aromatic heterocycles. The molecule has 1 aliphatic carbocycles. The molecule has 3 rings (SSSR count). The minimum absolute atomic E-state index is 0. The van der Waals surface area contributed by atoms with Crippen LogP contribution in [0.2, 0.25) is 0 Å². The van der Waals surface area contributed by atoms with Gasteiger partial charge in [0.25, 0.3) is 0 Å². The van der Waals surface area contributed by atoms with Crippen LogP contribution in [-0.4, -0.2) is 42.0 Å². The highest BCUT2D eigenvalue weighted by molar-refractivity contribution is 14.0. The summed E-state index contributed by atoms with van der Waals surface area (Å²) in [7, 11) is 1.69. The highest BCUT2D eigenvalue weighted by atomic mass is 127. The molecule has 178 valence electrons. The number of aromatic nitrogens is 2. The Morgan fingerprint density at radius 1 is 1.16 bits per heavy atom. The lowest BCUT2D eigenvalue weighted by atomic mass is 10.2. The zero-order valence-corrected chi connectivity index (χ0v) is 22.1. The number of benzene rings is 1. The largest absolute Gasteiger partial charge is 0.493 e. The highest BCUT2D eigenvalue weighted by Gasteiger charge is 2.18. The normalized spacial score (nSPS) is 14.2. The summed E-state index contributed by atoms with van der Waals surface area (Å²) in [5.41, 5.74) is 3.36. The predicted molar refractivity (Wildman–Crippen MR) is 140 cm³/mol. The van der Waals surface area contributed by atoms with Gasteiger partial charge in [0.1, 0.15) is 0 Å². The van der Waals surface area contributed by atoms with Gasteiger partial charge in [-0.2, -0.15) is 5.10 Å². The van der Waals surface area contributed by atoms with Gasteiger partial charge in [-0.3, -0.25) is 4.68 Å². The fraction of sp³-hybridized carbons (Fsp3) is 0.583. The minimum atomic E-state index is 0. The topological polar surface area (TPSA) is 72.7 Å². The van der Waals surface area contributed by atoms with Gasteiger partial charge < -0.3 is 20.1 Å². The van der Waals surface area contributed by atoms with E-state index in [9.17, 15) is 0 Å². The fourth-order valence-electron chi connectivity index (χ4n) is 3.94. The monoisotopic (exact) mass is 555 g/mol. The van der Waals surface area contributed by atoms with E-state index in [0.29, 0.717) is 12.6 Å². The molecule has 0 aliphatic heterocycles. The summed E-state index contributed by atoms with van der Waals surface area (Å²) < 4.78 is 13.8. The van der Waals surface area contributed by atoms with Gasteiger partial charge in [0.2, 0.25) is 0 Å². The summed E-state index contributed by atoms with van der Waals surface area (Å²) in [6.45, 7) is 9.32. The molecule has 1 heterocycles. The number of nitrogens with one attached hydrogen (secondary N) is 2. The first-order valence-electron chi connectivity index (χ1n) is 11.5. The maximum absolute atomic E-state index is 6.14. The first-order chi connectivity index (χ1) is 15.1. The molecule has 2 aromatic rings. The van der Waals surface area contributed by atoms with Gasteiger partial charge in [-0.15, -0.1) is 24.0 Å². The molecule has 2 N–H and O–H groups in total. The van der Waals surface area contributed by atoms with E-state index < -0.39 is 0 Å². The van der Waals surface area contributed by atoms with Crippen molar-refractivity contribution in [2.24, 2.45) is 4.99 Å². The van der Waals surface area contributed by atoms with Crippen molar-refractivity contribution in [3.8, 4) is 11.5 Å². The lowest BCUT2D eigenvalue weighted by Crippen LogP contribution is -2.38. The lowest BCUT2D eigenvalue weighted by Gasteiger charge is -2.16. The molecule has 7 nitrogen and oxygen atoms in total. The summed E-state index contributed by atoms with van der Waals surface area (Å²) in [4.78, 5) is 4.73. The van der Waals surface area contributed by atoms with Crippen molar-refractivity contribution in [1.29, 1.82) is 0 Å². The Labute approximate surface area is 209 Å². The summed E-state index contributed by atoms with van der Waals surface area (Å²) >= 11 is 0. The molecule has 0 radical (unpaired) electrons. The number of nitrogens with zero attached hydrogens (tertiary/aromatic N) is 3. The van der Waals surface area contributed by atoms with Crippen molar-refractivity contribution in [2.75, 3.05) is 20.2 Å². The van der Waals surface area contributed by atoms with Gasteiger partial charge in [-0.05, 0) is 76.6 Å². The van der Waals surface area contributed by atoms with Crippen LogP contribution in [0.3, 0.4) is 0 Å². The Morgan fingerprint density at radius 2 is 1.94 bits per heavy atom. The van der Waals surface area contributed by atoms with Gasteiger partial charge in [0, 0.05) is 25.3 Å². The quantitative estimate of drug-likeness (QED) is 0.194. The number of halogens is 1. The van der Waals surface area contributed by atoms with E-state index in [-0.39, 0.29) is 24.0 Å². The number of hydrogen-bond donors (Lipinski definition) is 2. The van der Waals surface area contributed by atoms with Crippen LogP contribution >= 0.6 is 24.0 Å². The third-order valence-corrected chi connectivity index (χ3v) is 5.53. The highest BCUT2D eigenvalue weighted by Crippen LogP contribution is 2.32. The van der Waals surface area contributed by atoms with Crippen LogP contribution in [0.25, 0.3) is 0 Å². The third-order valence-electron chi connectivity index (χ3n) is 5.53. The van der Waals surface area contributed by atoms with Crippen LogP contribution in [0.15, 0.2) is 29.3 Å². The first kappa shape index (κ1) is 26.3. The molecule has 0 amide bonds. The van der Waals surface area contributed by atoms with Crippen LogP contribution in [0, 0.1) is 13.8 Å². The standard InChI is InChI=1S/C24H37N5O2.HI/c1-5-25-24(26-13-8-14-29-19(3)15-18(2)28-29)27-17-20-11-12-22(23(16-20)30-4)31-21-9-6-7-10-21;/h11-12,15-16,21H,5-10,13-14,17H2,1-4H3,(H2,25,26,27);1H. The molecule has 1 fully saturated rings. The number of ether oxygens (including phenoxy) is 2. The average molecular weight is 556 g/mol. The van der Waals surface area contributed by atoms with Gasteiger partial charge in [0.15, 0.2) is 17.5 Å². The van der Waals surface area contributed by atoms with Gasteiger partial charge in [-0.25, -0.2) is 4.99 Å². The number of methoxy groups -OCH3 is 1. The number of hydrogen-bond acceptors (Lipinski definition) is 4. The van der Waals surface area contributed by atoms with Crippen LogP contribution in [0.5, 0.6) is 11.5 Å². The zero-order valence-electron chi connectivity index (χ0n) is 19.8. The molecular formula is C24H38IN5O2. The van der Waals surface area contributed by atoms with Crippen molar-refractivity contribution in [2.45, 2.75) is 72.1 Å². The van der Waals surface area contributed by atoms with Crippen molar-refractivity contribution in [3.63, 3.8) is 0 Å². The van der Waals surface area contributed by atoms with Crippen molar-refractivity contribution >= 4 is 29.9 Å². The molecule has 0 saturated heterocycles. The van der Waals surface area contributed by atoms with E-state index in [1.165, 1.54) is 18.5 Å². The van der Waals surface area contributed by atoms with Gasteiger partial charge in [0.05, 0.1) is 25.5 Å². The smallest absolute Gasteiger partial charge is 0.191 e. The number of aryl methyl sites for hydroxylation is 3. The van der Waals surface area contributed by atoms with E-state index >= 15 is 0 Å². The van der Waals surface area contributed by atoms with Gasteiger partial charge >= 0.3 is 0 Å². The Bertz CT molecular complexity index is 862. The number of aliphatic imine (C=N–C) groups is 1. The van der Waals surface area contributed by atoms with E-state index in [1.807, 2.05) is 19.1 Å². The second-order valence-corrected chi connectivity index (χ2v) is 8.14.